The maximum Gasteiger partial charge on any atom is 0.150 e. The molecule has 18 heavy (non-hydrogen) atoms. The van der Waals surface area contributed by atoms with Crippen molar-refractivity contribution in [2.24, 2.45) is 5.92 Å². The lowest BCUT2D eigenvalue weighted by Crippen LogP contribution is -2.42. The van der Waals surface area contributed by atoms with Crippen molar-refractivity contribution in [3.8, 4) is 0 Å². The van der Waals surface area contributed by atoms with Crippen LogP contribution in [0.15, 0.2) is 12.4 Å². The molecule has 98 valence electrons. The number of nitrogens with one attached hydrogen (secondary N) is 1. The maximum absolute atomic E-state index is 9.18. The van der Waals surface area contributed by atoms with E-state index < -0.39 is 0 Å². The third kappa shape index (κ3) is 2.20. The highest BCUT2D eigenvalue weighted by molar-refractivity contribution is 5.46. The molecule has 3 rings (SSSR count). The van der Waals surface area contributed by atoms with Gasteiger partial charge in [-0.1, -0.05) is 0 Å². The van der Waals surface area contributed by atoms with Crippen molar-refractivity contribution in [3.05, 3.63) is 18.1 Å². The van der Waals surface area contributed by atoms with E-state index in [0.29, 0.717) is 18.4 Å². The smallest absolute Gasteiger partial charge is 0.150 e. The van der Waals surface area contributed by atoms with Crippen molar-refractivity contribution in [1.29, 1.82) is 0 Å². The highest BCUT2D eigenvalue weighted by atomic mass is 16.3. The largest absolute Gasteiger partial charge is 0.396 e. The second-order valence-electron chi connectivity index (χ2n) is 5.23. The van der Waals surface area contributed by atoms with Crippen LogP contribution in [-0.2, 0) is 0 Å². The van der Waals surface area contributed by atoms with Crippen LogP contribution in [0.25, 0.3) is 0 Å². The predicted molar refractivity (Wildman–Crippen MR) is 69.7 cm³/mol. The Morgan fingerprint density at radius 3 is 2.56 bits per heavy atom. The molecule has 0 aromatic carbocycles. The summed E-state index contributed by atoms with van der Waals surface area (Å²) in [5.41, 5.74) is 1.14. The van der Waals surface area contributed by atoms with Crippen LogP contribution < -0.4 is 10.2 Å². The van der Waals surface area contributed by atoms with E-state index in [1.165, 1.54) is 0 Å². The summed E-state index contributed by atoms with van der Waals surface area (Å²) in [6.45, 7) is 4.31. The Morgan fingerprint density at radius 2 is 1.94 bits per heavy atom. The number of rotatable bonds is 3. The summed E-state index contributed by atoms with van der Waals surface area (Å²) in [5.74, 6) is 2.04. The van der Waals surface area contributed by atoms with Crippen LogP contribution >= 0.6 is 0 Å². The molecule has 0 saturated carbocycles. The van der Waals surface area contributed by atoms with Crippen molar-refractivity contribution in [3.63, 3.8) is 0 Å². The lowest BCUT2D eigenvalue weighted by Gasteiger charge is -2.35. The van der Waals surface area contributed by atoms with Crippen LogP contribution in [0.5, 0.6) is 0 Å². The fourth-order valence-corrected chi connectivity index (χ4v) is 2.68. The minimum absolute atomic E-state index is 0.313. The van der Waals surface area contributed by atoms with Gasteiger partial charge in [-0.2, -0.15) is 0 Å². The van der Waals surface area contributed by atoms with E-state index in [-0.39, 0.29) is 0 Å². The molecule has 0 aliphatic carbocycles. The molecule has 0 atom stereocenters. The molecule has 0 bridgehead atoms. The summed E-state index contributed by atoms with van der Waals surface area (Å²) >= 11 is 0. The third-order valence-corrected chi connectivity index (χ3v) is 4.05. The van der Waals surface area contributed by atoms with E-state index in [4.69, 9.17) is 0 Å². The number of nitrogens with zero attached hydrogens (tertiary/aromatic N) is 3. The summed E-state index contributed by atoms with van der Waals surface area (Å²) < 4.78 is 0. The third-order valence-electron chi connectivity index (χ3n) is 4.05. The van der Waals surface area contributed by atoms with Gasteiger partial charge in [0.15, 0.2) is 5.82 Å². The number of aliphatic hydroxyl groups excluding tert-OH is 1. The van der Waals surface area contributed by atoms with Crippen LogP contribution in [0, 0.1) is 5.92 Å². The minimum atomic E-state index is 0.313. The number of anilines is 1. The predicted octanol–water partition coefficient (Wildman–Crippen LogP) is 0.372. The molecule has 1 aromatic heterocycles. The van der Waals surface area contributed by atoms with Crippen molar-refractivity contribution in [2.45, 2.75) is 18.8 Å². The Hall–Kier alpha value is -1.20. The summed E-state index contributed by atoms with van der Waals surface area (Å²) in [6.07, 6.45) is 5.67. The van der Waals surface area contributed by atoms with Gasteiger partial charge in [0.25, 0.3) is 0 Å². The standard InChI is InChI=1S/C13H20N4O/c18-9-10-1-5-17(6-2-10)13-12(11-7-14-8-11)15-3-4-16-13/h3-4,10-11,14,18H,1-2,5-9H2. The van der Waals surface area contributed by atoms with Crippen LogP contribution in [0.1, 0.15) is 24.5 Å². The zero-order chi connectivity index (χ0) is 12.4. The number of hydrogen-bond donors (Lipinski definition) is 2. The second kappa shape index (κ2) is 5.20. The lowest BCUT2D eigenvalue weighted by molar-refractivity contribution is 0.202. The molecule has 2 aliphatic heterocycles. The molecular formula is C13H20N4O. The van der Waals surface area contributed by atoms with E-state index in [1.807, 2.05) is 0 Å². The van der Waals surface area contributed by atoms with Gasteiger partial charge < -0.3 is 15.3 Å². The van der Waals surface area contributed by atoms with Crippen LogP contribution in [0.2, 0.25) is 0 Å². The van der Waals surface area contributed by atoms with E-state index in [1.54, 1.807) is 12.4 Å². The molecule has 5 heteroatoms. The first-order valence-corrected chi connectivity index (χ1v) is 6.76. The highest BCUT2D eigenvalue weighted by Crippen LogP contribution is 2.29. The molecule has 0 unspecified atom stereocenters. The summed E-state index contributed by atoms with van der Waals surface area (Å²) in [6, 6.07) is 0. The van der Waals surface area contributed by atoms with Crippen molar-refractivity contribution >= 4 is 5.82 Å². The van der Waals surface area contributed by atoms with Gasteiger partial charge in [0.05, 0.1) is 5.69 Å². The van der Waals surface area contributed by atoms with Crippen molar-refractivity contribution in [2.75, 3.05) is 37.7 Å². The first-order chi connectivity index (χ1) is 8.88. The zero-order valence-electron chi connectivity index (χ0n) is 10.5. The van der Waals surface area contributed by atoms with E-state index >= 15 is 0 Å². The van der Waals surface area contributed by atoms with Crippen LogP contribution in [0.3, 0.4) is 0 Å². The molecule has 2 fully saturated rings. The lowest BCUT2D eigenvalue weighted by atomic mass is 9.95. The van der Waals surface area contributed by atoms with Gasteiger partial charge in [-0.3, -0.25) is 4.98 Å². The molecule has 1 aromatic rings. The number of piperidine rings is 1. The maximum atomic E-state index is 9.18. The Balaban J connectivity index is 1.75. The molecule has 3 heterocycles. The fraction of sp³-hybridized carbons (Fsp3) is 0.692. The quantitative estimate of drug-likeness (QED) is 0.809. The minimum Gasteiger partial charge on any atom is -0.396 e. The van der Waals surface area contributed by atoms with Gasteiger partial charge in [0.2, 0.25) is 0 Å². The number of aliphatic hydroxyl groups is 1. The van der Waals surface area contributed by atoms with Gasteiger partial charge in [-0.15, -0.1) is 0 Å². The molecular weight excluding hydrogens is 228 g/mol. The Bertz CT molecular complexity index is 400. The SMILES string of the molecule is OCC1CCN(c2nccnc2C2CNC2)CC1. The first kappa shape index (κ1) is 11.9. The van der Waals surface area contributed by atoms with Gasteiger partial charge in [-0.05, 0) is 18.8 Å². The van der Waals surface area contributed by atoms with Crippen molar-refractivity contribution in [1.82, 2.24) is 15.3 Å². The molecule has 0 radical (unpaired) electrons. The topological polar surface area (TPSA) is 61.3 Å². The normalized spacial score (nSPS) is 21.9. The molecule has 5 nitrogen and oxygen atoms in total. The fourth-order valence-electron chi connectivity index (χ4n) is 2.68. The van der Waals surface area contributed by atoms with Crippen molar-refractivity contribution < 1.29 is 5.11 Å². The number of hydrogen-bond acceptors (Lipinski definition) is 5. The van der Waals surface area contributed by atoms with Gasteiger partial charge >= 0.3 is 0 Å². The second-order valence-corrected chi connectivity index (χ2v) is 5.23. The zero-order valence-corrected chi connectivity index (χ0v) is 10.5. The molecule has 0 spiro atoms. The average Bonchev–Trinajstić information content (AvgIpc) is 2.38. The summed E-state index contributed by atoms with van der Waals surface area (Å²) in [4.78, 5) is 11.4. The van der Waals surface area contributed by atoms with Crippen LogP contribution in [-0.4, -0.2) is 47.9 Å². The van der Waals surface area contributed by atoms with E-state index in [2.05, 4.69) is 20.2 Å². The van der Waals surface area contributed by atoms with E-state index in [0.717, 1.165) is 50.5 Å². The first-order valence-electron chi connectivity index (χ1n) is 6.76. The monoisotopic (exact) mass is 248 g/mol. The molecule has 0 amide bonds. The molecule has 2 N–H and O–H groups in total. The summed E-state index contributed by atoms with van der Waals surface area (Å²) in [5, 5.41) is 12.5. The molecule has 2 saturated heterocycles. The van der Waals surface area contributed by atoms with Crippen LogP contribution in [0.4, 0.5) is 5.82 Å². The van der Waals surface area contributed by atoms with E-state index in [9.17, 15) is 5.11 Å². The Kier molecular flexibility index (Phi) is 3.43. The average molecular weight is 248 g/mol. The number of aromatic nitrogens is 2. The highest BCUT2D eigenvalue weighted by Gasteiger charge is 2.28. The Labute approximate surface area is 107 Å². The molecule has 2 aliphatic rings. The summed E-state index contributed by atoms with van der Waals surface area (Å²) in [7, 11) is 0. The Morgan fingerprint density at radius 1 is 1.22 bits per heavy atom. The van der Waals surface area contributed by atoms with Gasteiger partial charge in [-0.25, -0.2) is 4.98 Å². The van der Waals surface area contributed by atoms with Gasteiger partial charge in [0, 0.05) is 51.1 Å². The van der Waals surface area contributed by atoms with Gasteiger partial charge in [0.1, 0.15) is 0 Å².